The van der Waals surface area contributed by atoms with Gasteiger partial charge in [0.15, 0.2) is 0 Å². The third-order valence-corrected chi connectivity index (χ3v) is 9.20. The summed E-state index contributed by atoms with van der Waals surface area (Å²) in [6.07, 6.45) is 0.0456. The molecule has 0 spiro atoms. The van der Waals surface area contributed by atoms with Crippen molar-refractivity contribution in [2.45, 2.75) is 18.2 Å². The molecule has 0 bridgehead atoms. The molecule has 0 atom stereocenters. The van der Waals surface area contributed by atoms with E-state index in [0.29, 0.717) is 64.6 Å². The Kier molecular flexibility index (Phi) is 7.21. The van der Waals surface area contributed by atoms with Gasteiger partial charge in [0.2, 0.25) is 0 Å². The number of hydrogen-bond acceptors (Lipinski definition) is 5. The minimum atomic E-state index is -4.05. The first kappa shape index (κ1) is 26.3. The molecule has 194 valence electrons. The number of ether oxygens (including phenoxy) is 1. The third-order valence-electron chi connectivity index (χ3n) is 6.64. The summed E-state index contributed by atoms with van der Waals surface area (Å²) in [6.45, 7) is 3.64. The molecular weight excluding hydrogens is 545 g/mol. The normalized spacial score (nSPS) is 14.0. The first-order valence-electron chi connectivity index (χ1n) is 11.9. The van der Waals surface area contributed by atoms with Crippen LogP contribution < -0.4 is 0 Å². The van der Waals surface area contributed by atoms with Crippen LogP contribution in [0.2, 0.25) is 10.0 Å². The zero-order valence-corrected chi connectivity index (χ0v) is 22.8. The van der Waals surface area contributed by atoms with Crippen molar-refractivity contribution in [1.82, 2.24) is 8.87 Å². The molecule has 0 saturated carbocycles. The molecule has 10 heteroatoms. The standard InChI is InChI=1S/C28H23Cl2N3O4S/c1-18-13-19(17-31)14-26-23(18)15-20(33(26)38(35,36)21-5-3-2-4-6-21)16-24-25(29)8-7-22(27(24)30)28(34)32-9-11-37-12-10-32/h2-8,13-15H,9-12,16H2,1H3. The van der Waals surface area contributed by atoms with Gasteiger partial charge in [0.1, 0.15) is 0 Å². The Balaban J connectivity index is 1.68. The maximum atomic E-state index is 13.9. The van der Waals surface area contributed by atoms with Gasteiger partial charge in [0, 0.05) is 35.6 Å². The molecule has 1 aliphatic heterocycles. The van der Waals surface area contributed by atoms with E-state index >= 15 is 0 Å². The van der Waals surface area contributed by atoms with Crippen LogP contribution in [0.1, 0.15) is 32.7 Å². The predicted octanol–water partition coefficient (Wildman–Crippen LogP) is 5.43. The summed E-state index contributed by atoms with van der Waals surface area (Å²) in [7, 11) is -4.05. The molecule has 38 heavy (non-hydrogen) atoms. The average molecular weight is 568 g/mol. The maximum Gasteiger partial charge on any atom is 0.268 e. The summed E-state index contributed by atoms with van der Waals surface area (Å²) < 4.78 is 34.4. The van der Waals surface area contributed by atoms with Crippen molar-refractivity contribution in [3.63, 3.8) is 0 Å². The van der Waals surface area contributed by atoms with Gasteiger partial charge in [-0.1, -0.05) is 41.4 Å². The monoisotopic (exact) mass is 567 g/mol. The molecular formula is C28H23Cl2N3O4S. The van der Waals surface area contributed by atoms with Crippen LogP contribution in [0.5, 0.6) is 0 Å². The highest BCUT2D eigenvalue weighted by atomic mass is 35.5. The zero-order valence-electron chi connectivity index (χ0n) is 20.4. The highest BCUT2D eigenvalue weighted by Crippen LogP contribution is 2.35. The van der Waals surface area contributed by atoms with Crippen molar-refractivity contribution in [2.75, 3.05) is 26.3 Å². The summed E-state index contributed by atoms with van der Waals surface area (Å²) in [6, 6.07) is 18.4. The number of amides is 1. The summed E-state index contributed by atoms with van der Waals surface area (Å²) in [5.41, 5.74) is 2.63. The summed E-state index contributed by atoms with van der Waals surface area (Å²) in [4.78, 5) is 15.0. The van der Waals surface area contributed by atoms with Crippen molar-refractivity contribution in [2.24, 2.45) is 0 Å². The van der Waals surface area contributed by atoms with E-state index in [0.717, 1.165) is 5.56 Å². The van der Waals surface area contributed by atoms with Crippen molar-refractivity contribution < 1.29 is 17.9 Å². The average Bonchev–Trinajstić information content (AvgIpc) is 3.31. The van der Waals surface area contributed by atoms with Crippen molar-refractivity contribution in [1.29, 1.82) is 5.26 Å². The second-order valence-corrected chi connectivity index (χ2v) is 11.6. The fourth-order valence-electron chi connectivity index (χ4n) is 4.73. The molecule has 1 aliphatic rings. The smallest absolute Gasteiger partial charge is 0.268 e. The molecule has 1 aromatic heterocycles. The first-order valence-corrected chi connectivity index (χ1v) is 14.1. The molecule has 1 saturated heterocycles. The predicted molar refractivity (Wildman–Crippen MR) is 146 cm³/mol. The largest absolute Gasteiger partial charge is 0.378 e. The number of rotatable bonds is 5. The topological polar surface area (TPSA) is 92.4 Å². The van der Waals surface area contributed by atoms with Crippen LogP contribution in [0.3, 0.4) is 0 Å². The van der Waals surface area contributed by atoms with Crippen molar-refractivity contribution in [3.05, 3.63) is 98.7 Å². The molecule has 0 radical (unpaired) electrons. The van der Waals surface area contributed by atoms with Crippen LogP contribution >= 0.6 is 23.2 Å². The van der Waals surface area contributed by atoms with E-state index in [2.05, 4.69) is 6.07 Å². The fourth-order valence-corrected chi connectivity index (χ4v) is 6.86. The van der Waals surface area contributed by atoms with E-state index in [1.54, 1.807) is 53.4 Å². The lowest BCUT2D eigenvalue weighted by Crippen LogP contribution is -2.40. The molecule has 5 rings (SSSR count). The molecule has 0 N–H and O–H groups in total. The number of fused-ring (bicyclic) bond motifs is 1. The molecule has 3 aromatic carbocycles. The number of carbonyl (C=O) groups is 1. The Morgan fingerprint density at radius 2 is 1.76 bits per heavy atom. The van der Waals surface area contributed by atoms with Gasteiger partial charge >= 0.3 is 0 Å². The van der Waals surface area contributed by atoms with Crippen molar-refractivity contribution >= 4 is 50.0 Å². The molecule has 7 nitrogen and oxygen atoms in total. The van der Waals surface area contributed by atoms with Crippen LogP contribution in [0.25, 0.3) is 10.9 Å². The van der Waals surface area contributed by atoms with Crippen LogP contribution in [0.15, 0.2) is 65.6 Å². The first-order chi connectivity index (χ1) is 18.2. The van der Waals surface area contributed by atoms with Crippen LogP contribution in [-0.2, 0) is 21.2 Å². The van der Waals surface area contributed by atoms with E-state index in [-0.39, 0.29) is 22.2 Å². The number of nitrogens with zero attached hydrogens (tertiary/aromatic N) is 3. The van der Waals surface area contributed by atoms with Gasteiger partial charge in [-0.25, -0.2) is 12.4 Å². The molecule has 4 aromatic rings. The molecule has 1 fully saturated rings. The Morgan fingerprint density at radius 3 is 2.45 bits per heavy atom. The van der Waals surface area contributed by atoms with Gasteiger partial charge in [-0.15, -0.1) is 0 Å². The number of benzene rings is 3. The molecule has 0 aliphatic carbocycles. The van der Waals surface area contributed by atoms with E-state index < -0.39 is 10.0 Å². The van der Waals surface area contributed by atoms with Gasteiger partial charge in [0.05, 0.1) is 45.8 Å². The van der Waals surface area contributed by atoms with Gasteiger partial charge in [-0.3, -0.25) is 4.79 Å². The molecule has 0 unspecified atom stereocenters. The zero-order chi connectivity index (χ0) is 27.0. The number of carbonyl (C=O) groups excluding carboxylic acids is 1. The van der Waals surface area contributed by atoms with E-state index in [1.807, 2.05) is 6.92 Å². The lowest BCUT2D eigenvalue weighted by molar-refractivity contribution is 0.0303. The number of aryl methyl sites for hydroxylation is 1. The number of hydrogen-bond donors (Lipinski definition) is 0. The quantitative estimate of drug-likeness (QED) is 0.320. The third kappa shape index (κ3) is 4.67. The SMILES string of the molecule is Cc1cc(C#N)cc2c1cc(Cc1c(Cl)ccc(C(=O)N3CCOCC3)c1Cl)n2S(=O)(=O)c1ccccc1. The Hall–Kier alpha value is -3.35. The highest BCUT2D eigenvalue weighted by Gasteiger charge is 2.27. The highest BCUT2D eigenvalue weighted by molar-refractivity contribution is 7.90. The Morgan fingerprint density at radius 1 is 1.05 bits per heavy atom. The summed E-state index contributed by atoms with van der Waals surface area (Å²) in [5.74, 6) is -0.233. The minimum absolute atomic E-state index is 0.0456. The minimum Gasteiger partial charge on any atom is -0.378 e. The van der Waals surface area contributed by atoms with Crippen LogP contribution in [-0.4, -0.2) is 49.5 Å². The van der Waals surface area contributed by atoms with E-state index in [4.69, 9.17) is 27.9 Å². The number of nitriles is 1. The Labute approximate surface area is 230 Å². The van der Waals surface area contributed by atoms with E-state index in [1.165, 1.54) is 16.1 Å². The van der Waals surface area contributed by atoms with Gasteiger partial charge in [-0.05, 0) is 60.5 Å². The second-order valence-electron chi connectivity index (χ2n) is 9.02. The number of halogens is 2. The van der Waals surface area contributed by atoms with Gasteiger partial charge in [0.25, 0.3) is 15.9 Å². The second kappa shape index (κ2) is 10.4. The maximum absolute atomic E-state index is 13.9. The number of aromatic nitrogens is 1. The molecule has 1 amide bonds. The summed E-state index contributed by atoms with van der Waals surface area (Å²) in [5, 5.41) is 10.7. The Bertz CT molecular complexity index is 1700. The van der Waals surface area contributed by atoms with Crippen molar-refractivity contribution in [3.8, 4) is 6.07 Å². The van der Waals surface area contributed by atoms with Crippen LogP contribution in [0.4, 0.5) is 0 Å². The number of morpholine rings is 1. The van der Waals surface area contributed by atoms with Gasteiger partial charge < -0.3 is 9.64 Å². The lowest BCUT2D eigenvalue weighted by Gasteiger charge is -2.27. The lowest BCUT2D eigenvalue weighted by atomic mass is 10.0. The summed E-state index contributed by atoms with van der Waals surface area (Å²) >= 11 is 13.3. The van der Waals surface area contributed by atoms with E-state index in [9.17, 15) is 18.5 Å². The van der Waals surface area contributed by atoms with Gasteiger partial charge in [-0.2, -0.15) is 5.26 Å². The van der Waals surface area contributed by atoms with Crippen LogP contribution in [0, 0.1) is 18.3 Å². The fraction of sp³-hybridized carbons (Fsp3) is 0.214. The molecule has 2 heterocycles.